The molecule has 3 nitrogen and oxygen atoms in total. The largest absolute Gasteiger partial charge is 0.363 e. The van der Waals surface area contributed by atoms with E-state index in [2.05, 4.69) is 15.3 Å². The van der Waals surface area contributed by atoms with Gasteiger partial charge in [-0.3, -0.25) is 0 Å². The first-order chi connectivity index (χ1) is 9.33. The second-order valence-corrected chi connectivity index (χ2v) is 6.22. The minimum atomic E-state index is 0.0655. The molecule has 1 aromatic heterocycles. The summed E-state index contributed by atoms with van der Waals surface area (Å²) in [5, 5.41) is 3.68. The molecule has 2 aliphatic rings. The number of anilines is 1. The second-order valence-electron chi connectivity index (χ2n) is 5.95. The minimum Gasteiger partial charge on any atom is -0.363 e. The molecule has 4 heteroatoms. The molecule has 1 aromatic rings. The molecule has 0 unspecified atom stereocenters. The lowest BCUT2D eigenvalue weighted by Crippen LogP contribution is -2.38. The molecule has 0 radical (unpaired) electrons. The number of nitrogens with one attached hydrogen (secondary N) is 1. The van der Waals surface area contributed by atoms with Gasteiger partial charge in [-0.25, -0.2) is 9.97 Å². The van der Waals surface area contributed by atoms with Gasteiger partial charge in [-0.2, -0.15) is 0 Å². The van der Waals surface area contributed by atoms with Crippen LogP contribution in [0.2, 0.25) is 0 Å². The number of aryl methyl sites for hydroxylation is 1. The maximum Gasteiger partial charge on any atom is 0.133 e. The maximum atomic E-state index is 6.22. The Hall–Kier alpha value is -0.830. The van der Waals surface area contributed by atoms with Crippen molar-refractivity contribution in [1.29, 1.82) is 0 Å². The van der Waals surface area contributed by atoms with E-state index in [-0.39, 0.29) is 5.54 Å². The smallest absolute Gasteiger partial charge is 0.133 e. The van der Waals surface area contributed by atoms with E-state index >= 15 is 0 Å². The van der Waals surface area contributed by atoms with Gasteiger partial charge < -0.3 is 5.32 Å². The summed E-state index contributed by atoms with van der Waals surface area (Å²) >= 11 is 6.22. The van der Waals surface area contributed by atoms with E-state index in [1.807, 2.05) is 0 Å². The normalized spacial score (nSPS) is 21.7. The Morgan fingerprint density at radius 3 is 2.63 bits per heavy atom. The highest BCUT2D eigenvalue weighted by Crippen LogP contribution is 2.35. The lowest BCUT2D eigenvalue weighted by Gasteiger charge is -2.29. The molecular formula is C15H22ClN3. The van der Waals surface area contributed by atoms with Crippen LogP contribution in [0, 0.1) is 0 Å². The Kier molecular flexibility index (Phi) is 3.92. The van der Waals surface area contributed by atoms with Crippen molar-refractivity contribution in [3.8, 4) is 0 Å². The number of hydrogen-bond acceptors (Lipinski definition) is 3. The number of fused-ring (bicyclic) bond motifs is 1. The number of hydrogen-bond donors (Lipinski definition) is 1. The molecule has 2 aliphatic carbocycles. The lowest BCUT2D eigenvalue weighted by atomic mass is 9.99. The van der Waals surface area contributed by atoms with Crippen LogP contribution in [0.3, 0.4) is 0 Å². The van der Waals surface area contributed by atoms with Crippen LogP contribution in [0.4, 0.5) is 5.82 Å². The molecular weight excluding hydrogens is 258 g/mol. The topological polar surface area (TPSA) is 37.8 Å². The highest BCUT2D eigenvalue weighted by molar-refractivity contribution is 6.18. The Balaban J connectivity index is 1.88. The molecule has 1 fully saturated rings. The summed E-state index contributed by atoms with van der Waals surface area (Å²) < 4.78 is 0. The van der Waals surface area contributed by atoms with E-state index in [9.17, 15) is 0 Å². The highest BCUT2D eigenvalue weighted by atomic mass is 35.5. The van der Waals surface area contributed by atoms with Crippen LogP contribution in [-0.4, -0.2) is 21.4 Å². The lowest BCUT2D eigenvalue weighted by molar-refractivity contribution is 0.536. The second kappa shape index (κ2) is 5.66. The van der Waals surface area contributed by atoms with Crippen LogP contribution in [0.5, 0.6) is 0 Å². The molecule has 1 heterocycles. The monoisotopic (exact) mass is 279 g/mol. The molecule has 19 heavy (non-hydrogen) atoms. The third-order valence-electron chi connectivity index (χ3n) is 4.57. The first-order valence-corrected chi connectivity index (χ1v) is 8.03. The Bertz CT molecular complexity index is 441. The quantitative estimate of drug-likeness (QED) is 0.677. The van der Waals surface area contributed by atoms with Gasteiger partial charge in [0, 0.05) is 17.1 Å². The molecule has 0 atom stereocenters. The summed E-state index contributed by atoms with van der Waals surface area (Å²) in [4.78, 5) is 8.99. The number of aromatic nitrogens is 2. The van der Waals surface area contributed by atoms with Crippen molar-refractivity contribution in [2.24, 2.45) is 0 Å². The third-order valence-corrected chi connectivity index (χ3v) is 5.09. The summed E-state index contributed by atoms with van der Waals surface area (Å²) in [5.41, 5.74) is 2.66. The van der Waals surface area contributed by atoms with Crippen LogP contribution < -0.4 is 5.32 Å². The van der Waals surface area contributed by atoms with E-state index in [1.165, 1.54) is 43.4 Å². The highest BCUT2D eigenvalue weighted by Gasteiger charge is 2.34. The molecule has 1 saturated carbocycles. The van der Waals surface area contributed by atoms with Crippen LogP contribution >= 0.6 is 11.6 Å². The average Bonchev–Trinajstić information content (AvgIpc) is 2.76. The van der Waals surface area contributed by atoms with Crippen LogP contribution in [-0.2, 0) is 12.8 Å². The van der Waals surface area contributed by atoms with Crippen molar-refractivity contribution in [2.75, 3.05) is 11.2 Å². The van der Waals surface area contributed by atoms with Crippen LogP contribution in [0.15, 0.2) is 6.33 Å². The summed E-state index contributed by atoms with van der Waals surface area (Å²) in [6.07, 6.45) is 12.6. The van der Waals surface area contributed by atoms with Gasteiger partial charge in [0.2, 0.25) is 0 Å². The van der Waals surface area contributed by atoms with Crippen LogP contribution in [0.1, 0.15) is 56.2 Å². The SMILES string of the molecule is ClCC1(Nc2ncnc3c2CCCCC3)CCCC1. The van der Waals surface area contributed by atoms with E-state index in [4.69, 9.17) is 11.6 Å². The summed E-state index contributed by atoms with van der Waals surface area (Å²) in [6.45, 7) is 0. The first-order valence-electron chi connectivity index (χ1n) is 7.50. The van der Waals surface area contributed by atoms with Gasteiger partial charge in [0.1, 0.15) is 12.1 Å². The van der Waals surface area contributed by atoms with Crippen molar-refractivity contribution in [1.82, 2.24) is 9.97 Å². The molecule has 1 N–H and O–H groups in total. The fourth-order valence-corrected chi connectivity index (χ4v) is 3.73. The Morgan fingerprint density at radius 2 is 1.84 bits per heavy atom. The fourth-order valence-electron chi connectivity index (χ4n) is 3.40. The molecule has 0 bridgehead atoms. The summed E-state index contributed by atoms with van der Waals surface area (Å²) in [6, 6.07) is 0. The Labute approximate surface area is 120 Å². The summed E-state index contributed by atoms with van der Waals surface area (Å²) in [7, 11) is 0. The van der Waals surface area contributed by atoms with Gasteiger partial charge in [-0.05, 0) is 38.5 Å². The predicted octanol–water partition coefficient (Wildman–Crippen LogP) is 3.71. The van der Waals surface area contributed by atoms with Gasteiger partial charge in [-0.15, -0.1) is 11.6 Å². The average molecular weight is 280 g/mol. The third kappa shape index (κ3) is 2.71. The van der Waals surface area contributed by atoms with Gasteiger partial charge >= 0.3 is 0 Å². The van der Waals surface area contributed by atoms with Gasteiger partial charge in [-0.1, -0.05) is 19.3 Å². The summed E-state index contributed by atoms with van der Waals surface area (Å²) in [5.74, 6) is 1.72. The number of alkyl halides is 1. The van der Waals surface area contributed by atoms with Crippen molar-refractivity contribution in [3.63, 3.8) is 0 Å². The molecule has 0 aliphatic heterocycles. The molecule has 0 aromatic carbocycles. The molecule has 3 rings (SSSR count). The molecule has 0 spiro atoms. The zero-order valence-electron chi connectivity index (χ0n) is 11.4. The Morgan fingerprint density at radius 1 is 1.05 bits per heavy atom. The van der Waals surface area contributed by atoms with E-state index < -0.39 is 0 Å². The zero-order valence-corrected chi connectivity index (χ0v) is 12.2. The van der Waals surface area contributed by atoms with Gasteiger partial charge in [0.25, 0.3) is 0 Å². The number of nitrogens with zero attached hydrogens (tertiary/aromatic N) is 2. The minimum absolute atomic E-state index is 0.0655. The zero-order chi connectivity index (χ0) is 13.1. The molecule has 0 saturated heterocycles. The van der Waals surface area contributed by atoms with Crippen molar-refractivity contribution in [3.05, 3.63) is 17.6 Å². The maximum absolute atomic E-state index is 6.22. The fraction of sp³-hybridized carbons (Fsp3) is 0.733. The number of halogens is 1. The first kappa shape index (κ1) is 13.2. The van der Waals surface area contributed by atoms with Gasteiger partial charge in [0.05, 0.1) is 5.54 Å². The van der Waals surface area contributed by atoms with E-state index in [0.29, 0.717) is 5.88 Å². The van der Waals surface area contributed by atoms with Crippen molar-refractivity contribution >= 4 is 17.4 Å². The van der Waals surface area contributed by atoms with Crippen molar-refractivity contribution < 1.29 is 0 Å². The molecule has 104 valence electrons. The standard InChI is InChI=1S/C15H22ClN3/c16-10-15(8-4-5-9-15)19-14-12-6-2-1-3-7-13(12)17-11-18-14/h11H,1-10H2,(H,17,18,19). The van der Waals surface area contributed by atoms with Gasteiger partial charge in [0.15, 0.2) is 0 Å². The van der Waals surface area contributed by atoms with Crippen molar-refractivity contribution in [2.45, 2.75) is 63.3 Å². The van der Waals surface area contributed by atoms with E-state index in [0.717, 1.165) is 31.5 Å². The predicted molar refractivity (Wildman–Crippen MR) is 78.8 cm³/mol. The van der Waals surface area contributed by atoms with Crippen LogP contribution in [0.25, 0.3) is 0 Å². The van der Waals surface area contributed by atoms with E-state index in [1.54, 1.807) is 6.33 Å². The molecule has 0 amide bonds. The number of rotatable bonds is 3.